The van der Waals surface area contributed by atoms with Crippen LogP contribution in [0, 0.1) is 23.7 Å². The fourth-order valence-corrected chi connectivity index (χ4v) is 6.16. The molecule has 3 rings (SSSR count). The second kappa shape index (κ2) is 19.7. The number of aryl methyl sites for hydroxylation is 2. The maximum absolute atomic E-state index is 3.36. The summed E-state index contributed by atoms with van der Waals surface area (Å²) in [5.41, 5.74) is 5.12. The summed E-state index contributed by atoms with van der Waals surface area (Å²) in [5, 5.41) is 0. The van der Waals surface area contributed by atoms with E-state index in [1.807, 2.05) is 0 Å². The molecule has 1 saturated carbocycles. The Kier molecular flexibility index (Phi) is 15.8. The predicted molar refractivity (Wildman–Crippen MR) is 172 cm³/mol. The molecule has 0 nitrogen and oxygen atoms in total. The lowest BCUT2D eigenvalue weighted by atomic mass is 9.77. The summed E-state index contributed by atoms with van der Waals surface area (Å²) in [4.78, 5) is 0. The molecule has 1 aliphatic carbocycles. The van der Waals surface area contributed by atoms with Gasteiger partial charge in [-0.2, -0.15) is 0 Å². The molecule has 212 valence electrons. The Bertz CT molecular complexity index is 957. The fraction of sp³-hybridized carbons (Fsp3) is 0.590. The van der Waals surface area contributed by atoms with Crippen LogP contribution in [-0.4, -0.2) is 0 Å². The van der Waals surface area contributed by atoms with E-state index in [2.05, 4.69) is 86.4 Å². The summed E-state index contributed by atoms with van der Waals surface area (Å²) in [5.74, 6) is 8.67. The molecule has 0 unspecified atom stereocenters. The van der Waals surface area contributed by atoms with Gasteiger partial charge in [-0.25, -0.2) is 0 Å². The standard InChI is InChI=1S/C39H56/c1-3-5-7-9-10-11-13-15-17-35-20-24-37(25-21-35)27-29-39-32-30-38(31-33-39)28-26-36-22-18-34(19-23-36)16-14-12-8-6-4-2/h4,6,18-19,22-23,30-33,35,37H,3,5,7-17,20-21,24-25,27,29H2,1-2H3/b6-4+. The first-order valence-electron chi connectivity index (χ1n) is 16.6. The van der Waals surface area contributed by atoms with E-state index >= 15 is 0 Å². The van der Waals surface area contributed by atoms with Crippen LogP contribution >= 0.6 is 0 Å². The van der Waals surface area contributed by atoms with E-state index in [0.29, 0.717) is 0 Å². The van der Waals surface area contributed by atoms with Crippen LogP contribution < -0.4 is 0 Å². The van der Waals surface area contributed by atoms with E-state index < -0.39 is 0 Å². The van der Waals surface area contributed by atoms with Crippen molar-refractivity contribution in [3.63, 3.8) is 0 Å². The lowest BCUT2D eigenvalue weighted by Crippen LogP contribution is -2.15. The van der Waals surface area contributed by atoms with Crippen LogP contribution in [0.2, 0.25) is 0 Å². The van der Waals surface area contributed by atoms with Gasteiger partial charge >= 0.3 is 0 Å². The molecule has 0 heterocycles. The molecule has 0 atom stereocenters. The van der Waals surface area contributed by atoms with Crippen LogP contribution in [-0.2, 0) is 12.8 Å². The van der Waals surface area contributed by atoms with Crippen molar-refractivity contribution in [1.29, 1.82) is 0 Å². The van der Waals surface area contributed by atoms with E-state index in [0.717, 1.165) is 29.4 Å². The number of benzene rings is 2. The highest BCUT2D eigenvalue weighted by molar-refractivity contribution is 5.44. The lowest BCUT2D eigenvalue weighted by Gasteiger charge is -2.28. The maximum Gasteiger partial charge on any atom is 0.0249 e. The van der Waals surface area contributed by atoms with Crippen molar-refractivity contribution in [1.82, 2.24) is 0 Å². The van der Waals surface area contributed by atoms with E-state index in [9.17, 15) is 0 Å². The monoisotopic (exact) mass is 524 g/mol. The molecule has 0 amide bonds. The van der Waals surface area contributed by atoms with Gasteiger partial charge in [-0.1, -0.05) is 139 Å². The Morgan fingerprint density at radius 3 is 1.67 bits per heavy atom. The molecular formula is C39H56. The Balaban J connectivity index is 1.28. The van der Waals surface area contributed by atoms with Crippen LogP contribution in [0.15, 0.2) is 60.7 Å². The van der Waals surface area contributed by atoms with Crippen molar-refractivity contribution in [2.45, 2.75) is 136 Å². The second-order valence-corrected chi connectivity index (χ2v) is 12.1. The molecule has 0 radical (unpaired) electrons. The minimum Gasteiger partial charge on any atom is -0.0917 e. The van der Waals surface area contributed by atoms with Gasteiger partial charge in [0.1, 0.15) is 0 Å². The van der Waals surface area contributed by atoms with Crippen molar-refractivity contribution in [3.05, 3.63) is 82.9 Å². The van der Waals surface area contributed by atoms with Gasteiger partial charge in [0.15, 0.2) is 0 Å². The van der Waals surface area contributed by atoms with Crippen molar-refractivity contribution < 1.29 is 0 Å². The average molecular weight is 525 g/mol. The molecule has 1 fully saturated rings. The third-order valence-corrected chi connectivity index (χ3v) is 8.85. The molecule has 0 heteroatoms. The van der Waals surface area contributed by atoms with Crippen molar-refractivity contribution >= 4 is 0 Å². The summed E-state index contributed by atoms with van der Waals surface area (Å²) in [7, 11) is 0. The van der Waals surface area contributed by atoms with Crippen LogP contribution in [0.3, 0.4) is 0 Å². The smallest absolute Gasteiger partial charge is 0.0249 e. The zero-order valence-electron chi connectivity index (χ0n) is 25.4. The van der Waals surface area contributed by atoms with Crippen LogP contribution in [0.4, 0.5) is 0 Å². The highest BCUT2D eigenvalue weighted by Crippen LogP contribution is 2.34. The summed E-state index contributed by atoms with van der Waals surface area (Å²) >= 11 is 0. The van der Waals surface area contributed by atoms with E-state index in [-0.39, 0.29) is 0 Å². The van der Waals surface area contributed by atoms with Crippen molar-refractivity contribution in [2.75, 3.05) is 0 Å². The lowest BCUT2D eigenvalue weighted by molar-refractivity contribution is 0.248. The van der Waals surface area contributed by atoms with E-state index in [1.165, 1.54) is 127 Å². The molecule has 2 aromatic carbocycles. The Morgan fingerprint density at radius 1 is 0.590 bits per heavy atom. The van der Waals surface area contributed by atoms with Gasteiger partial charge in [0, 0.05) is 11.1 Å². The summed E-state index contributed by atoms with van der Waals surface area (Å²) in [6.07, 6.45) is 30.8. The zero-order chi connectivity index (χ0) is 27.4. The predicted octanol–water partition coefficient (Wildman–Crippen LogP) is 11.6. The molecule has 0 saturated heterocycles. The zero-order valence-corrected chi connectivity index (χ0v) is 25.4. The maximum atomic E-state index is 3.36. The number of hydrogen-bond donors (Lipinski definition) is 0. The molecule has 0 aliphatic heterocycles. The van der Waals surface area contributed by atoms with Gasteiger partial charge in [-0.3, -0.25) is 0 Å². The molecule has 1 aliphatic rings. The molecule has 0 bridgehead atoms. The largest absolute Gasteiger partial charge is 0.0917 e. The highest BCUT2D eigenvalue weighted by atomic mass is 14.3. The van der Waals surface area contributed by atoms with Gasteiger partial charge in [0.25, 0.3) is 0 Å². The van der Waals surface area contributed by atoms with Gasteiger partial charge in [0.05, 0.1) is 0 Å². The fourth-order valence-electron chi connectivity index (χ4n) is 6.16. The quantitative estimate of drug-likeness (QED) is 0.110. The summed E-state index contributed by atoms with van der Waals surface area (Å²) in [6.45, 7) is 4.40. The Hall–Kier alpha value is -2.26. The number of unbranched alkanes of at least 4 members (excludes halogenated alkanes) is 9. The highest BCUT2D eigenvalue weighted by Gasteiger charge is 2.20. The minimum atomic E-state index is 0.940. The second-order valence-electron chi connectivity index (χ2n) is 12.1. The number of hydrogen-bond acceptors (Lipinski definition) is 0. The first-order chi connectivity index (χ1) is 19.3. The average Bonchev–Trinajstić information content (AvgIpc) is 2.98. The molecule has 2 aromatic rings. The molecular weight excluding hydrogens is 468 g/mol. The van der Waals surface area contributed by atoms with Crippen molar-refractivity contribution in [3.8, 4) is 11.8 Å². The normalized spacial score (nSPS) is 17.3. The summed E-state index contributed by atoms with van der Waals surface area (Å²) in [6, 6.07) is 17.9. The van der Waals surface area contributed by atoms with Gasteiger partial charge in [-0.15, -0.1) is 0 Å². The van der Waals surface area contributed by atoms with Crippen molar-refractivity contribution in [2.24, 2.45) is 11.8 Å². The van der Waals surface area contributed by atoms with Crippen LogP contribution in [0.5, 0.6) is 0 Å². The third kappa shape index (κ3) is 13.6. The van der Waals surface area contributed by atoms with Gasteiger partial charge in [0.2, 0.25) is 0 Å². The topological polar surface area (TPSA) is 0 Å². The third-order valence-electron chi connectivity index (χ3n) is 8.85. The van der Waals surface area contributed by atoms with Gasteiger partial charge < -0.3 is 0 Å². The molecule has 0 N–H and O–H groups in total. The van der Waals surface area contributed by atoms with E-state index in [1.54, 1.807) is 0 Å². The SMILES string of the molecule is C/C=C/CCCCc1ccc(C#Cc2ccc(CCC3CCC(CCCCCCCCCC)CC3)cc2)cc1. The number of allylic oxidation sites excluding steroid dienone is 2. The molecule has 0 spiro atoms. The first-order valence-corrected chi connectivity index (χ1v) is 16.6. The molecule has 39 heavy (non-hydrogen) atoms. The van der Waals surface area contributed by atoms with E-state index in [4.69, 9.17) is 0 Å². The minimum absolute atomic E-state index is 0.940. The van der Waals surface area contributed by atoms with Gasteiger partial charge in [-0.05, 0) is 92.7 Å². The first kappa shape index (κ1) is 31.3. The summed E-state index contributed by atoms with van der Waals surface area (Å²) < 4.78 is 0. The Labute approximate surface area is 242 Å². The molecule has 0 aromatic heterocycles. The number of rotatable bonds is 17. The van der Waals surface area contributed by atoms with Crippen LogP contribution in [0.1, 0.15) is 145 Å². The Morgan fingerprint density at radius 2 is 1.10 bits per heavy atom. The van der Waals surface area contributed by atoms with Crippen LogP contribution in [0.25, 0.3) is 0 Å².